The highest BCUT2D eigenvalue weighted by Crippen LogP contribution is 2.21. The molecule has 0 unspecified atom stereocenters. The quantitative estimate of drug-likeness (QED) is 0.742. The van der Waals surface area contributed by atoms with Crippen LogP contribution in [0.5, 0.6) is 0 Å². The largest absolute Gasteiger partial charge is 0.332 e. The molecule has 0 aromatic heterocycles. The van der Waals surface area contributed by atoms with Gasteiger partial charge in [0.1, 0.15) is 5.82 Å². The van der Waals surface area contributed by atoms with Crippen molar-refractivity contribution in [1.29, 1.82) is 0 Å². The highest BCUT2D eigenvalue weighted by atomic mass is 79.9. The third kappa shape index (κ3) is 3.55. The number of hydrogen-bond donors (Lipinski definition) is 2. The predicted octanol–water partition coefficient (Wildman–Crippen LogP) is 5.01. The van der Waals surface area contributed by atoms with Crippen LogP contribution in [-0.4, -0.2) is 5.11 Å². The Morgan fingerprint density at radius 1 is 1.10 bits per heavy atom. The van der Waals surface area contributed by atoms with Crippen LogP contribution in [0.25, 0.3) is 0 Å². The summed E-state index contributed by atoms with van der Waals surface area (Å²) in [5.41, 5.74) is 3.55. The second-order valence-corrected chi connectivity index (χ2v) is 5.77. The van der Waals surface area contributed by atoms with Gasteiger partial charge in [0.2, 0.25) is 0 Å². The Bertz CT molecular complexity index is 658. The van der Waals surface area contributed by atoms with E-state index in [1.165, 1.54) is 11.6 Å². The van der Waals surface area contributed by atoms with E-state index in [0.29, 0.717) is 15.3 Å². The first-order valence-corrected chi connectivity index (χ1v) is 7.27. The van der Waals surface area contributed by atoms with E-state index in [9.17, 15) is 4.39 Å². The number of nitrogens with one attached hydrogen (secondary N) is 2. The van der Waals surface area contributed by atoms with Crippen LogP contribution in [0, 0.1) is 19.7 Å². The number of benzene rings is 2. The molecule has 2 rings (SSSR count). The zero-order chi connectivity index (χ0) is 14.7. The van der Waals surface area contributed by atoms with Gasteiger partial charge in [-0.1, -0.05) is 28.1 Å². The Morgan fingerprint density at radius 2 is 1.80 bits per heavy atom. The molecule has 0 aliphatic rings. The number of halogens is 2. The van der Waals surface area contributed by atoms with E-state index in [0.717, 1.165) is 11.3 Å². The lowest BCUT2D eigenvalue weighted by Crippen LogP contribution is -2.20. The van der Waals surface area contributed by atoms with Gasteiger partial charge in [0.25, 0.3) is 0 Å². The first-order chi connectivity index (χ1) is 9.47. The molecular formula is C15H14BrFN2S. The second-order valence-electron chi connectivity index (χ2n) is 4.45. The average Bonchev–Trinajstić information content (AvgIpc) is 2.38. The zero-order valence-corrected chi connectivity index (χ0v) is 13.5. The van der Waals surface area contributed by atoms with Crippen molar-refractivity contribution in [1.82, 2.24) is 0 Å². The molecule has 0 amide bonds. The monoisotopic (exact) mass is 352 g/mol. The van der Waals surface area contributed by atoms with E-state index in [4.69, 9.17) is 12.2 Å². The summed E-state index contributed by atoms with van der Waals surface area (Å²) in [6.45, 7) is 4.05. The van der Waals surface area contributed by atoms with Crippen molar-refractivity contribution in [2.75, 3.05) is 10.6 Å². The Balaban J connectivity index is 2.11. The number of thiocarbonyl (C=S) groups is 1. The number of hydrogen-bond acceptors (Lipinski definition) is 1. The number of aryl methyl sites for hydroxylation is 1. The molecule has 0 aliphatic heterocycles. The van der Waals surface area contributed by atoms with Crippen LogP contribution in [0.4, 0.5) is 15.8 Å². The van der Waals surface area contributed by atoms with Gasteiger partial charge in [-0.15, -0.1) is 0 Å². The predicted molar refractivity (Wildman–Crippen MR) is 89.9 cm³/mol. The number of anilines is 2. The molecule has 104 valence electrons. The summed E-state index contributed by atoms with van der Waals surface area (Å²) >= 11 is 8.43. The molecular weight excluding hydrogens is 339 g/mol. The maximum Gasteiger partial charge on any atom is 0.175 e. The minimum absolute atomic E-state index is 0.344. The highest BCUT2D eigenvalue weighted by Gasteiger charge is 2.06. The van der Waals surface area contributed by atoms with Crippen molar-refractivity contribution >= 4 is 44.6 Å². The molecule has 0 atom stereocenters. The van der Waals surface area contributed by atoms with E-state index >= 15 is 0 Å². The molecule has 0 radical (unpaired) electrons. The normalized spacial score (nSPS) is 10.2. The SMILES string of the molecule is Cc1cccc(NC(=S)Nc2ccc(Br)cc2F)c1C. The first-order valence-electron chi connectivity index (χ1n) is 6.06. The van der Waals surface area contributed by atoms with Gasteiger partial charge in [-0.05, 0) is 61.5 Å². The molecule has 0 heterocycles. The molecule has 2 nitrogen and oxygen atoms in total. The summed E-state index contributed by atoms with van der Waals surface area (Å²) in [7, 11) is 0. The summed E-state index contributed by atoms with van der Waals surface area (Å²) in [4.78, 5) is 0. The van der Waals surface area contributed by atoms with Crippen molar-refractivity contribution in [3.63, 3.8) is 0 Å². The summed E-state index contributed by atoms with van der Waals surface area (Å²) in [6, 6.07) is 10.7. The minimum Gasteiger partial charge on any atom is -0.332 e. The average molecular weight is 353 g/mol. The maximum atomic E-state index is 13.7. The topological polar surface area (TPSA) is 24.1 Å². The van der Waals surface area contributed by atoms with Crippen molar-refractivity contribution in [2.24, 2.45) is 0 Å². The van der Waals surface area contributed by atoms with Crippen LogP contribution >= 0.6 is 28.1 Å². The van der Waals surface area contributed by atoms with Crippen molar-refractivity contribution in [3.05, 3.63) is 57.8 Å². The molecule has 0 fully saturated rings. The van der Waals surface area contributed by atoms with Gasteiger partial charge < -0.3 is 10.6 Å². The molecule has 2 aromatic carbocycles. The molecule has 0 bridgehead atoms. The molecule has 2 N–H and O–H groups in total. The standard InChI is InChI=1S/C15H14BrFN2S/c1-9-4-3-5-13(10(9)2)18-15(20)19-14-7-6-11(16)8-12(14)17/h3-8H,1-2H3,(H2,18,19,20). The van der Waals surface area contributed by atoms with Gasteiger partial charge >= 0.3 is 0 Å². The fraction of sp³-hybridized carbons (Fsp3) is 0.133. The van der Waals surface area contributed by atoms with Crippen molar-refractivity contribution in [2.45, 2.75) is 13.8 Å². The van der Waals surface area contributed by atoms with E-state index in [2.05, 4.69) is 26.6 Å². The minimum atomic E-state index is -0.357. The van der Waals surface area contributed by atoms with Crippen LogP contribution in [0.1, 0.15) is 11.1 Å². The summed E-state index contributed by atoms with van der Waals surface area (Å²) in [5, 5.41) is 6.30. The molecule has 5 heteroatoms. The fourth-order valence-corrected chi connectivity index (χ4v) is 2.31. The van der Waals surface area contributed by atoms with Crippen LogP contribution in [0.2, 0.25) is 0 Å². The lowest BCUT2D eigenvalue weighted by atomic mass is 10.1. The van der Waals surface area contributed by atoms with Gasteiger partial charge in [-0.3, -0.25) is 0 Å². The molecule has 20 heavy (non-hydrogen) atoms. The van der Waals surface area contributed by atoms with Gasteiger partial charge in [0, 0.05) is 10.2 Å². The maximum absolute atomic E-state index is 13.7. The lowest BCUT2D eigenvalue weighted by Gasteiger charge is -2.14. The summed E-state index contributed by atoms with van der Waals surface area (Å²) < 4.78 is 14.4. The summed E-state index contributed by atoms with van der Waals surface area (Å²) in [6.07, 6.45) is 0. The third-order valence-corrected chi connectivity index (χ3v) is 3.73. The van der Waals surface area contributed by atoms with Crippen LogP contribution in [0.15, 0.2) is 40.9 Å². The molecule has 0 saturated carbocycles. The highest BCUT2D eigenvalue weighted by molar-refractivity contribution is 9.10. The van der Waals surface area contributed by atoms with E-state index < -0.39 is 0 Å². The van der Waals surface area contributed by atoms with Gasteiger partial charge in [0.15, 0.2) is 5.11 Å². The van der Waals surface area contributed by atoms with Crippen LogP contribution in [0.3, 0.4) is 0 Å². The van der Waals surface area contributed by atoms with E-state index in [-0.39, 0.29) is 5.82 Å². The number of rotatable bonds is 2. The molecule has 0 aliphatic carbocycles. The zero-order valence-electron chi connectivity index (χ0n) is 11.1. The van der Waals surface area contributed by atoms with Gasteiger partial charge in [0.05, 0.1) is 5.69 Å². The first kappa shape index (κ1) is 14.9. The Morgan fingerprint density at radius 3 is 2.50 bits per heavy atom. The Hall–Kier alpha value is -1.46. The van der Waals surface area contributed by atoms with E-state index in [1.807, 2.05) is 32.0 Å². The second kappa shape index (κ2) is 6.33. The lowest BCUT2D eigenvalue weighted by molar-refractivity contribution is 0.631. The molecule has 0 spiro atoms. The van der Waals surface area contributed by atoms with Crippen molar-refractivity contribution < 1.29 is 4.39 Å². The van der Waals surface area contributed by atoms with Gasteiger partial charge in [-0.2, -0.15) is 0 Å². The van der Waals surface area contributed by atoms with Crippen LogP contribution < -0.4 is 10.6 Å². The molecule has 0 saturated heterocycles. The van der Waals surface area contributed by atoms with Crippen molar-refractivity contribution in [3.8, 4) is 0 Å². The Labute approximate surface area is 131 Å². The summed E-state index contributed by atoms with van der Waals surface area (Å²) in [5.74, 6) is -0.357. The molecule has 2 aromatic rings. The van der Waals surface area contributed by atoms with Gasteiger partial charge in [-0.25, -0.2) is 4.39 Å². The van der Waals surface area contributed by atoms with Crippen LogP contribution in [-0.2, 0) is 0 Å². The fourth-order valence-electron chi connectivity index (χ4n) is 1.75. The third-order valence-electron chi connectivity index (χ3n) is 3.03. The Kier molecular flexibility index (Phi) is 4.73. The van der Waals surface area contributed by atoms with E-state index in [1.54, 1.807) is 12.1 Å². The smallest absolute Gasteiger partial charge is 0.175 e.